The molecule has 0 radical (unpaired) electrons. The summed E-state index contributed by atoms with van der Waals surface area (Å²) >= 11 is 6.26. The van der Waals surface area contributed by atoms with Crippen molar-refractivity contribution in [3.8, 4) is 5.69 Å². The van der Waals surface area contributed by atoms with E-state index in [1.54, 1.807) is 15.6 Å². The quantitative estimate of drug-likeness (QED) is 0.855. The van der Waals surface area contributed by atoms with Crippen molar-refractivity contribution in [2.75, 3.05) is 13.1 Å². The molecule has 2 atom stereocenters. The molecule has 0 spiro atoms. The highest BCUT2D eigenvalue weighted by Crippen LogP contribution is 2.21. The molecule has 0 bridgehead atoms. The second-order valence-electron chi connectivity index (χ2n) is 6.04. The van der Waals surface area contributed by atoms with Crippen LogP contribution in [-0.2, 0) is 11.2 Å². The zero-order chi connectivity index (χ0) is 17.3. The van der Waals surface area contributed by atoms with Gasteiger partial charge in [0.05, 0.1) is 22.9 Å². The van der Waals surface area contributed by atoms with E-state index in [1.165, 1.54) is 0 Å². The van der Waals surface area contributed by atoms with Gasteiger partial charge in [-0.25, -0.2) is 9.67 Å². The van der Waals surface area contributed by atoms with Crippen LogP contribution in [0.4, 0.5) is 0 Å². The maximum Gasteiger partial charge on any atom is 0.293 e. The van der Waals surface area contributed by atoms with Gasteiger partial charge in [-0.1, -0.05) is 30.7 Å². The van der Waals surface area contributed by atoms with Crippen LogP contribution in [0.25, 0.3) is 5.69 Å². The third kappa shape index (κ3) is 3.30. The summed E-state index contributed by atoms with van der Waals surface area (Å²) in [5, 5.41) is 5.00. The Balaban J connectivity index is 1.92. The molecule has 0 N–H and O–H groups in total. The summed E-state index contributed by atoms with van der Waals surface area (Å²) in [6, 6.07) is 7.40. The van der Waals surface area contributed by atoms with Gasteiger partial charge in [0.1, 0.15) is 5.82 Å². The zero-order valence-corrected chi connectivity index (χ0v) is 14.8. The van der Waals surface area contributed by atoms with Crippen molar-refractivity contribution in [2.24, 2.45) is 0 Å². The number of hydrogen-bond acceptors (Lipinski definition) is 4. The first kappa shape index (κ1) is 16.9. The van der Waals surface area contributed by atoms with Crippen LogP contribution >= 0.6 is 11.6 Å². The van der Waals surface area contributed by atoms with E-state index in [0.717, 1.165) is 5.69 Å². The maximum absolute atomic E-state index is 12.8. The van der Waals surface area contributed by atoms with E-state index < -0.39 is 0 Å². The minimum atomic E-state index is -0.169. The predicted molar refractivity (Wildman–Crippen MR) is 91.7 cm³/mol. The van der Waals surface area contributed by atoms with Gasteiger partial charge in [0.15, 0.2) is 0 Å². The number of ether oxygens (including phenoxy) is 1. The fraction of sp³-hybridized carbons (Fsp3) is 0.471. The van der Waals surface area contributed by atoms with Gasteiger partial charge < -0.3 is 9.64 Å². The molecule has 1 aliphatic heterocycles. The summed E-state index contributed by atoms with van der Waals surface area (Å²) < 4.78 is 7.34. The average Bonchev–Trinajstić information content (AvgIpc) is 2.97. The number of amides is 1. The lowest BCUT2D eigenvalue weighted by atomic mass is 10.2. The van der Waals surface area contributed by atoms with E-state index in [0.29, 0.717) is 30.4 Å². The Kier molecular flexibility index (Phi) is 4.87. The Morgan fingerprint density at radius 3 is 2.58 bits per heavy atom. The Hall–Kier alpha value is -1.92. The number of aromatic nitrogens is 3. The van der Waals surface area contributed by atoms with E-state index in [-0.39, 0.29) is 23.9 Å². The number of aryl methyl sites for hydroxylation is 1. The highest BCUT2D eigenvalue weighted by molar-refractivity contribution is 6.32. The van der Waals surface area contributed by atoms with Crippen LogP contribution in [0.15, 0.2) is 24.3 Å². The van der Waals surface area contributed by atoms with Gasteiger partial charge in [-0.2, -0.15) is 0 Å². The Labute approximate surface area is 146 Å². The minimum absolute atomic E-state index is 0.00833. The molecule has 24 heavy (non-hydrogen) atoms. The lowest BCUT2D eigenvalue weighted by molar-refractivity contribution is -0.0588. The summed E-state index contributed by atoms with van der Waals surface area (Å²) in [5.74, 6) is 0.742. The molecule has 2 aromatic rings. The topological polar surface area (TPSA) is 60.3 Å². The van der Waals surface area contributed by atoms with Crippen LogP contribution in [0.2, 0.25) is 5.02 Å². The van der Waals surface area contributed by atoms with Gasteiger partial charge in [0.2, 0.25) is 5.82 Å². The van der Waals surface area contributed by atoms with Crippen molar-refractivity contribution in [3.05, 3.63) is 40.9 Å². The van der Waals surface area contributed by atoms with Crippen LogP contribution < -0.4 is 0 Å². The Morgan fingerprint density at radius 1 is 1.29 bits per heavy atom. The molecular formula is C17H21ClN4O2. The van der Waals surface area contributed by atoms with E-state index in [4.69, 9.17) is 16.3 Å². The standard InChI is InChI=1S/C17H21ClN4O2/c1-4-15-19-16(17(23)21-9-11(2)24-12(3)10-21)20-22(15)14-8-6-5-7-13(14)18/h5-8,11-12H,4,9-10H2,1-3H3. The summed E-state index contributed by atoms with van der Waals surface area (Å²) in [7, 11) is 0. The highest BCUT2D eigenvalue weighted by atomic mass is 35.5. The van der Waals surface area contributed by atoms with Crippen LogP contribution in [0, 0.1) is 0 Å². The number of carbonyl (C=O) groups is 1. The third-order valence-electron chi connectivity index (χ3n) is 3.97. The van der Waals surface area contributed by atoms with Gasteiger partial charge >= 0.3 is 0 Å². The lowest BCUT2D eigenvalue weighted by Gasteiger charge is -2.34. The van der Waals surface area contributed by atoms with Crippen LogP contribution in [-0.4, -0.2) is 50.9 Å². The number of nitrogens with zero attached hydrogens (tertiary/aromatic N) is 4. The van der Waals surface area contributed by atoms with Crippen LogP contribution in [0.5, 0.6) is 0 Å². The molecule has 0 saturated carbocycles. The average molecular weight is 349 g/mol. The van der Waals surface area contributed by atoms with E-state index in [9.17, 15) is 4.79 Å². The molecular weight excluding hydrogens is 328 g/mol. The highest BCUT2D eigenvalue weighted by Gasteiger charge is 2.29. The first-order chi connectivity index (χ1) is 11.5. The normalized spacial score (nSPS) is 21.1. The molecule has 128 valence electrons. The summed E-state index contributed by atoms with van der Waals surface area (Å²) in [5.41, 5.74) is 0.728. The van der Waals surface area contributed by atoms with Crippen LogP contribution in [0.3, 0.4) is 0 Å². The van der Waals surface area contributed by atoms with Crippen molar-refractivity contribution in [2.45, 2.75) is 39.4 Å². The van der Waals surface area contributed by atoms with E-state index in [1.807, 2.05) is 39.0 Å². The molecule has 1 saturated heterocycles. The number of hydrogen-bond donors (Lipinski definition) is 0. The SMILES string of the molecule is CCc1nc(C(=O)N2CC(C)OC(C)C2)nn1-c1ccccc1Cl. The second kappa shape index (κ2) is 6.91. The number of rotatable bonds is 3. The predicted octanol–water partition coefficient (Wildman–Crippen LogP) is 2.73. The van der Waals surface area contributed by atoms with Crippen molar-refractivity contribution in [1.29, 1.82) is 0 Å². The first-order valence-corrected chi connectivity index (χ1v) is 8.53. The van der Waals surface area contributed by atoms with E-state index >= 15 is 0 Å². The molecule has 1 aliphatic rings. The first-order valence-electron chi connectivity index (χ1n) is 8.15. The van der Waals surface area contributed by atoms with Gasteiger partial charge in [0.25, 0.3) is 5.91 Å². The fourth-order valence-corrected chi connectivity index (χ4v) is 3.18. The monoisotopic (exact) mass is 348 g/mol. The number of carbonyl (C=O) groups excluding carboxylic acids is 1. The molecule has 1 aromatic heterocycles. The zero-order valence-electron chi connectivity index (χ0n) is 14.1. The van der Waals surface area contributed by atoms with Gasteiger partial charge in [-0.15, -0.1) is 5.10 Å². The van der Waals surface area contributed by atoms with Crippen molar-refractivity contribution < 1.29 is 9.53 Å². The Bertz CT molecular complexity index is 736. The van der Waals surface area contributed by atoms with Crippen molar-refractivity contribution >= 4 is 17.5 Å². The molecule has 1 aromatic carbocycles. The third-order valence-corrected chi connectivity index (χ3v) is 4.29. The number of halogens is 1. The maximum atomic E-state index is 12.8. The molecule has 0 aliphatic carbocycles. The van der Waals surface area contributed by atoms with Gasteiger partial charge in [-0.3, -0.25) is 4.79 Å². The molecule has 1 amide bonds. The van der Waals surface area contributed by atoms with Crippen molar-refractivity contribution in [3.63, 3.8) is 0 Å². The molecule has 2 heterocycles. The summed E-state index contributed by atoms with van der Waals surface area (Å²) in [4.78, 5) is 19.0. The number of para-hydroxylation sites is 1. The minimum Gasteiger partial charge on any atom is -0.372 e. The number of benzene rings is 1. The summed E-state index contributed by atoms with van der Waals surface area (Å²) in [6.07, 6.45) is 0.671. The Morgan fingerprint density at radius 2 is 1.96 bits per heavy atom. The summed E-state index contributed by atoms with van der Waals surface area (Å²) in [6.45, 7) is 6.99. The van der Waals surface area contributed by atoms with Gasteiger partial charge in [-0.05, 0) is 26.0 Å². The number of morpholine rings is 1. The van der Waals surface area contributed by atoms with Crippen LogP contribution in [0.1, 0.15) is 37.2 Å². The van der Waals surface area contributed by atoms with E-state index in [2.05, 4.69) is 10.1 Å². The molecule has 3 rings (SSSR count). The smallest absolute Gasteiger partial charge is 0.293 e. The second-order valence-corrected chi connectivity index (χ2v) is 6.44. The van der Waals surface area contributed by atoms with Crippen molar-refractivity contribution in [1.82, 2.24) is 19.7 Å². The molecule has 6 nitrogen and oxygen atoms in total. The molecule has 1 fully saturated rings. The molecule has 2 unspecified atom stereocenters. The van der Waals surface area contributed by atoms with Gasteiger partial charge in [0, 0.05) is 19.5 Å². The molecule has 7 heteroatoms. The fourth-order valence-electron chi connectivity index (χ4n) is 2.97. The lowest BCUT2D eigenvalue weighted by Crippen LogP contribution is -2.48. The largest absolute Gasteiger partial charge is 0.372 e.